The van der Waals surface area contributed by atoms with Crippen molar-refractivity contribution in [3.8, 4) is 6.07 Å². The summed E-state index contributed by atoms with van der Waals surface area (Å²) < 4.78 is 2.09. The summed E-state index contributed by atoms with van der Waals surface area (Å²) in [4.78, 5) is 26.9. The molecule has 1 saturated heterocycles. The van der Waals surface area contributed by atoms with Crippen LogP contribution in [0.15, 0.2) is 66.8 Å². The molecule has 1 fully saturated rings. The Hall–Kier alpha value is -4.02. The molecule has 1 aliphatic heterocycles. The van der Waals surface area contributed by atoms with Crippen LogP contribution < -0.4 is 5.32 Å². The SMILES string of the molecule is C=CCN1C(=O)/C(=C/c2c(C)n(Cc3ccccc3C#N)c3ccccc23)C(=O)NC1=S. The molecule has 0 saturated carbocycles. The molecule has 0 spiro atoms. The second-order valence-electron chi connectivity index (χ2n) is 7.39. The van der Waals surface area contributed by atoms with Crippen LogP contribution in [0.5, 0.6) is 0 Å². The fraction of sp³-hybridized carbons (Fsp3) is 0.120. The number of amides is 2. The van der Waals surface area contributed by atoms with Gasteiger partial charge in [-0.05, 0) is 42.9 Å². The molecule has 3 aromatic rings. The first-order valence-corrected chi connectivity index (χ1v) is 10.4. The van der Waals surface area contributed by atoms with E-state index in [1.54, 1.807) is 18.2 Å². The molecule has 32 heavy (non-hydrogen) atoms. The smallest absolute Gasteiger partial charge is 0.265 e. The number of aromatic nitrogens is 1. The van der Waals surface area contributed by atoms with Crippen LogP contribution in [0.2, 0.25) is 0 Å². The highest BCUT2D eigenvalue weighted by atomic mass is 32.1. The van der Waals surface area contributed by atoms with Crippen molar-refractivity contribution in [1.29, 1.82) is 5.26 Å². The average Bonchev–Trinajstić information content (AvgIpc) is 3.05. The molecular weight excluding hydrogens is 420 g/mol. The third kappa shape index (κ3) is 3.61. The third-order valence-electron chi connectivity index (χ3n) is 5.53. The number of thiocarbonyl (C=S) groups is 1. The van der Waals surface area contributed by atoms with Gasteiger partial charge in [-0.15, -0.1) is 6.58 Å². The van der Waals surface area contributed by atoms with Crippen LogP contribution in [0.25, 0.3) is 17.0 Å². The molecule has 2 heterocycles. The third-order valence-corrected chi connectivity index (χ3v) is 5.85. The zero-order valence-electron chi connectivity index (χ0n) is 17.5. The lowest BCUT2D eigenvalue weighted by Crippen LogP contribution is -2.53. The molecule has 4 rings (SSSR count). The maximum Gasteiger partial charge on any atom is 0.265 e. The van der Waals surface area contributed by atoms with E-state index in [0.717, 1.165) is 27.7 Å². The number of carbonyl (C=O) groups excluding carboxylic acids is 2. The second kappa shape index (κ2) is 8.61. The number of nitrogens with zero attached hydrogens (tertiary/aromatic N) is 3. The predicted octanol–water partition coefficient (Wildman–Crippen LogP) is 3.68. The molecule has 2 amide bonds. The van der Waals surface area contributed by atoms with Gasteiger partial charge in [0, 0.05) is 35.2 Å². The summed E-state index contributed by atoms with van der Waals surface area (Å²) in [5, 5.41) is 13.0. The number of fused-ring (bicyclic) bond motifs is 1. The van der Waals surface area contributed by atoms with Crippen molar-refractivity contribution in [2.75, 3.05) is 6.54 Å². The molecule has 158 valence electrons. The minimum absolute atomic E-state index is 0.0175. The first-order chi connectivity index (χ1) is 15.5. The topological polar surface area (TPSA) is 78.1 Å². The van der Waals surface area contributed by atoms with Gasteiger partial charge in [-0.2, -0.15) is 5.26 Å². The average molecular weight is 441 g/mol. The number of hydrogen-bond donors (Lipinski definition) is 1. The summed E-state index contributed by atoms with van der Waals surface area (Å²) in [6.45, 7) is 6.30. The molecule has 6 nitrogen and oxygen atoms in total. The Labute approximate surface area is 191 Å². The largest absolute Gasteiger partial charge is 0.340 e. The Morgan fingerprint density at radius 3 is 2.62 bits per heavy atom. The van der Waals surface area contributed by atoms with Gasteiger partial charge in [-0.3, -0.25) is 19.8 Å². The first-order valence-electron chi connectivity index (χ1n) is 10.0. The Morgan fingerprint density at radius 1 is 1.16 bits per heavy atom. The number of carbonyl (C=O) groups is 2. The molecule has 0 atom stereocenters. The van der Waals surface area contributed by atoms with E-state index in [9.17, 15) is 14.9 Å². The minimum Gasteiger partial charge on any atom is -0.340 e. The number of rotatable bonds is 5. The lowest BCUT2D eigenvalue weighted by Gasteiger charge is -2.27. The molecule has 0 radical (unpaired) electrons. The van der Waals surface area contributed by atoms with Crippen molar-refractivity contribution < 1.29 is 9.59 Å². The summed E-state index contributed by atoms with van der Waals surface area (Å²) >= 11 is 5.14. The lowest BCUT2D eigenvalue weighted by atomic mass is 10.0. The van der Waals surface area contributed by atoms with Crippen LogP contribution in [0.3, 0.4) is 0 Å². The van der Waals surface area contributed by atoms with Crippen molar-refractivity contribution in [3.05, 3.63) is 89.1 Å². The van der Waals surface area contributed by atoms with Crippen LogP contribution in [-0.4, -0.2) is 32.9 Å². The van der Waals surface area contributed by atoms with E-state index in [2.05, 4.69) is 22.5 Å². The zero-order valence-corrected chi connectivity index (χ0v) is 18.3. The van der Waals surface area contributed by atoms with Crippen LogP contribution in [0.4, 0.5) is 0 Å². The molecule has 1 N–H and O–H groups in total. The van der Waals surface area contributed by atoms with Crippen molar-refractivity contribution in [1.82, 2.24) is 14.8 Å². The number of nitriles is 1. The zero-order chi connectivity index (χ0) is 22.8. The van der Waals surface area contributed by atoms with Crippen LogP contribution in [0, 0.1) is 18.3 Å². The molecule has 0 bridgehead atoms. The summed E-state index contributed by atoms with van der Waals surface area (Å²) in [5.74, 6) is -0.976. The Balaban J connectivity index is 1.86. The summed E-state index contributed by atoms with van der Waals surface area (Å²) in [6, 6.07) is 17.5. The van der Waals surface area contributed by atoms with E-state index in [4.69, 9.17) is 12.2 Å². The molecular formula is C25H20N4O2S. The van der Waals surface area contributed by atoms with Crippen LogP contribution in [-0.2, 0) is 16.1 Å². The summed E-state index contributed by atoms with van der Waals surface area (Å²) in [6.07, 6.45) is 3.18. The number of para-hydroxylation sites is 1. The fourth-order valence-electron chi connectivity index (χ4n) is 3.91. The monoisotopic (exact) mass is 440 g/mol. The van der Waals surface area contributed by atoms with Crippen LogP contribution >= 0.6 is 12.2 Å². The molecule has 7 heteroatoms. The Kier molecular flexibility index (Phi) is 5.71. The van der Waals surface area contributed by atoms with E-state index >= 15 is 0 Å². The van der Waals surface area contributed by atoms with Gasteiger partial charge in [0.05, 0.1) is 11.6 Å². The van der Waals surface area contributed by atoms with Gasteiger partial charge in [0.2, 0.25) is 0 Å². The van der Waals surface area contributed by atoms with Gasteiger partial charge < -0.3 is 4.57 Å². The van der Waals surface area contributed by atoms with Crippen molar-refractivity contribution in [3.63, 3.8) is 0 Å². The highest BCUT2D eigenvalue weighted by molar-refractivity contribution is 7.80. The van der Waals surface area contributed by atoms with Gasteiger partial charge in [-0.25, -0.2) is 0 Å². The van der Waals surface area contributed by atoms with Gasteiger partial charge in [-0.1, -0.05) is 42.5 Å². The quantitative estimate of drug-likeness (QED) is 0.284. The minimum atomic E-state index is -0.522. The molecule has 1 aliphatic rings. The maximum absolute atomic E-state index is 13.0. The number of nitrogens with one attached hydrogen (secondary N) is 1. The fourth-order valence-corrected chi connectivity index (χ4v) is 4.16. The second-order valence-corrected chi connectivity index (χ2v) is 7.78. The van der Waals surface area contributed by atoms with E-state index in [1.165, 1.54) is 4.90 Å². The van der Waals surface area contributed by atoms with Crippen molar-refractivity contribution in [2.24, 2.45) is 0 Å². The maximum atomic E-state index is 13.0. The lowest BCUT2D eigenvalue weighted by molar-refractivity contribution is -0.128. The summed E-state index contributed by atoms with van der Waals surface area (Å²) in [5.41, 5.74) is 4.14. The normalized spacial score (nSPS) is 15.2. The first kappa shape index (κ1) is 21.2. The standard InChI is InChI=1S/C25H20N4O2S/c1-3-12-28-24(31)21(23(30)27-25(28)32)13-20-16(2)29(22-11-7-6-10-19(20)22)15-18-9-5-4-8-17(18)14-26/h3-11,13H,1,12,15H2,2H3,(H,27,30,32)/b21-13+. The molecule has 2 aromatic carbocycles. The number of benzene rings is 2. The Morgan fingerprint density at radius 2 is 1.88 bits per heavy atom. The van der Waals surface area contributed by atoms with Gasteiger partial charge in [0.15, 0.2) is 5.11 Å². The van der Waals surface area contributed by atoms with Crippen molar-refractivity contribution >= 4 is 46.1 Å². The molecule has 0 unspecified atom stereocenters. The molecule has 0 aliphatic carbocycles. The van der Waals surface area contributed by atoms with E-state index in [0.29, 0.717) is 12.1 Å². The Bertz CT molecular complexity index is 1360. The highest BCUT2D eigenvalue weighted by Gasteiger charge is 2.33. The van der Waals surface area contributed by atoms with Crippen molar-refractivity contribution in [2.45, 2.75) is 13.5 Å². The van der Waals surface area contributed by atoms with Gasteiger partial charge >= 0.3 is 0 Å². The molecule has 1 aromatic heterocycles. The highest BCUT2D eigenvalue weighted by Crippen LogP contribution is 2.30. The van der Waals surface area contributed by atoms with E-state index in [1.807, 2.05) is 49.4 Å². The van der Waals surface area contributed by atoms with E-state index in [-0.39, 0.29) is 17.2 Å². The van der Waals surface area contributed by atoms with E-state index < -0.39 is 11.8 Å². The predicted molar refractivity (Wildman–Crippen MR) is 128 cm³/mol. The van der Waals surface area contributed by atoms with Gasteiger partial charge in [0.1, 0.15) is 5.57 Å². The van der Waals surface area contributed by atoms with Gasteiger partial charge in [0.25, 0.3) is 11.8 Å². The summed E-state index contributed by atoms with van der Waals surface area (Å²) in [7, 11) is 0. The van der Waals surface area contributed by atoms with Crippen LogP contribution in [0.1, 0.15) is 22.4 Å². The number of hydrogen-bond acceptors (Lipinski definition) is 4.